The first kappa shape index (κ1) is 14.8. The average molecular weight is 292 g/mol. The summed E-state index contributed by atoms with van der Waals surface area (Å²) in [5, 5.41) is 2.82. The second kappa shape index (κ2) is 6.25. The van der Waals surface area contributed by atoms with Crippen LogP contribution in [0.2, 0.25) is 0 Å². The summed E-state index contributed by atoms with van der Waals surface area (Å²) in [5.41, 5.74) is 6.35. The van der Waals surface area contributed by atoms with Gasteiger partial charge in [0.1, 0.15) is 23.6 Å². The molecular weight excluding hydrogens is 275 g/mol. The van der Waals surface area contributed by atoms with Gasteiger partial charge in [-0.2, -0.15) is 4.98 Å². The first-order chi connectivity index (χ1) is 10.0. The third kappa shape index (κ3) is 3.50. The molecule has 2 rings (SSSR count). The van der Waals surface area contributed by atoms with Crippen LogP contribution in [0.25, 0.3) is 0 Å². The number of nitrogens with one attached hydrogen (secondary N) is 1. The Kier molecular flexibility index (Phi) is 4.42. The number of hydrogen-bond donors (Lipinski definition) is 2. The Morgan fingerprint density at radius 1 is 1.29 bits per heavy atom. The molecule has 0 bridgehead atoms. The minimum Gasteiger partial charge on any atom is -0.497 e. The van der Waals surface area contributed by atoms with E-state index in [9.17, 15) is 4.39 Å². The van der Waals surface area contributed by atoms with Crippen molar-refractivity contribution in [1.82, 2.24) is 9.97 Å². The van der Waals surface area contributed by atoms with Crippen LogP contribution < -0.4 is 20.5 Å². The minimum absolute atomic E-state index is 0.0800. The molecule has 0 saturated carbocycles. The highest BCUT2D eigenvalue weighted by Gasteiger charge is 2.13. The van der Waals surface area contributed by atoms with E-state index < -0.39 is 5.82 Å². The van der Waals surface area contributed by atoms with Gasteiger partial charge in [-0.3, -0.25) is 0 Å². The average Bonchev–Trinajstić information content (AvgIpc) is 2.45. The van der Waals surface area contributed by atoms with E-state index in [0.717, 1.165) is 0 Å². The number of halogens is 1. The molecule has 0 aliphatic rings. The molecule has 0 saturated heterocycles. The van der Waals surface area contributed by atoms with Gasteiger partial charge in [0.15, 0.2) is 5.82 Å². The van der Waals surface area contributed by atoms with Crippen molar-refractivity contribution in [3.63, 3.8) is 0 Å². The number of nitrogens with two attached hydrogens (primary N) is 1. The van der Waals surface area contributed by atoms with Crippen molar-refractivity contribution in [2.45, 2.75) is 20.0 Å². The lowest BCUT2D eigenvalue weighted by molar-refractivity contribution is 0.234. The summed E-state index contributed by atoms with van der Waals surface area (Å²) in [6, 6.07) is 4.33. The van der Waals surface area contributed by atoms with Gasteiger partial charge in [0.05, 0.1) is 18.9 Å². The molecule has 1 heterocycles. The highest BCUT2D eigenvalue weighted by atomic mass is 19.1. The lowest BCUT2D eigenvalue weighted by Gasteiger charge is -2.14. The van der Waals surface area contributed by atoms with Crippen LogP contribution in [0, 0.1) is 5.82 Å². The smallest absolute Gasteiger partial charge is 0.242 e. The van der Waals surface area contributed by atoms with Crippen LogP contribution in [0.3, 0.4) is 0 Å². The lowest BCUT2D eigenvalue weighted by atomic mass is 10.2. The predicted molar refractivity (Wildman–Crippen MR) is 78.4 cm³/mol. The summed E-state index contributed by atoms with van der Waals surface area (Å²) >= 11 is 0. The van der Waals surface area contributed by atoms with E-state index in [1.54, 1.807) is 0 Å². The molecular formula is C14H17FN4O2. The number of rotatable bonds is 5. The zero-order valence-corrected chi connectivity index (χ0v) is 12.1. The maximum Gasteiger partial charge on any atom is 0.242 e. The summed E-state index contributed by atoms with van der Waals surface area (Å²) in [4.78, 5) is 7.96. The molecule has 21 heavy (non-hydrogen) atoms. The third-order valence-corrected chi connectivity index (χ3v) is 2.62. The molecule has 1 aromatic heterocycles. The highest BCUT2D eigenvalue weighted by molar-refractivity contribution is 5.72. The fourth-order valence-electron chi connectivity index (χ4n) is 1.65. The van der Waals surface area contributed by atoms with E-state index in [-0.39, 0.29) is 29.2 Å². The van der Waals surface area contributed by atoms with Crippen LogP contribution >= 0.6 is 0 Å². The molecule has 0 amide bonds. The fourth-order valence-corrected chi connectivity index (χ4v) is 1.65. The van der Waals surface area contributed by atoms with Crippen LogP contribution in [-0.4, -0.2) is 23.2 Å². The van der Waals surface area contributed by atoms with Gasteiger partial charge in [-0.15, -0.1) is 0 Å². The Bertz CT molecular complexity index is 634. The standard InChI is InChI=1S/C14H17FN4O2/c1-8(2)21-14-12(16)13(17-7-18-14)19-11-6-9(20-3)4-5-10(11)15/h4-8H,16H2,1-3H3,(H,17,18,19). The Labute approximate surface area is 122 Å². The molecule has 2 aromatic rings. The van der Waals surface area contributed by atoms with Gasteiger partial charge in [-0.25, -0.2) is 9.37 Å². The second-order valence-electron chi connectivity index (χ2n) is 4.58. The normalized spacial score (nSPS) is 10.5. The number of ether oxygens (including phenoxy) is 2. The molecule has 6 nitrogen and oxygen atoms in total. The molecule has 7 heteroatoms. The molecule has 112 valence electrons. The zero-order chi connectivity index (χ0) is 15.4. The summed E-state index contributed by atoms with van der Waals surface area (Å²) in [6.07, 6.45) is 1.22. The van der Waals surface area contributed by atoms with E-state index in [2.05, 4.69) is 15.3 Å². The van der Waals surface area contributed by atoms with E-state index in [4.69, 9.17) is 15.2 Å². The van der Waals surface area contributed by atoms with Gasteiger partial charge in [0.2, 0.25) is 5.88 Å². The van der Waals surface area contributed by atoms with Gasteiger partial charge in [-0.05, 0) is 26.0 Å². The maximum atomic E-state index is 13.8. The maximum absolute atomic E-state index is 13.8. The quantitative estimate of drug-likeness (QED) is 0.881. The molecule has 0 fully saturated rings. The summed E-state index contributed by atoms with van der Waals surface area (Å²) < 4.78 is 24.3. The molecule has 0 spiro atoms. The van der Waals surface area contributed by atoms with E-state index >= 15 is 0 Å². The Morgan fingerprint density at radius 2 is 2.05 bits per heavy atom. The van der Waals surface area contributed by atoms with Crippen molar-refractivity contribution in [2.75, 3.05) is 18.2 Å². The summed E-state index contributed by atoms with van der Waals surface area (Å²) in [7, 11) is 1.50. The molecule has 1 aromatic carbocycles. The molecule has 0 aliphatic carbocycles. The number of nitrogen functional groups attached to an aromatic ring is 1. The van der Waals surface area contributed by atoms with Crippen molar-refractivity contribution in [3.8, 4) is 11.6 Å². The van der Waals surface area contributed by atoms with Crippen molar-refractivity contribution in [2.24, 2.45) is 0 Å². The van der Waals surface area contributed by atoms with Gasteiger partial charge in [0, 0.05) is 6.07 Å². The Morgan fingerprint density at radius 3 is 2.71 bits per heavy atom. The Hall–Kier alpha value is -2.57. The number of nitrogens with zero attached hydrogens (tertiary/aromatic N) is 2. The summed E-state index contributed by atoms with van der Waals surface area (Å²) in [5.74, 6) is 0.601. The van der Waals surface area contributed by atoms with Gasteiger partial charge in [0.25, 0.3) is 0 Å². The SMILES string of the molecule is COc1ccc(F)c(Nc2ncnc(OC(C)C)c2N)c1. The van der Waals surface area contributed by atoms with Crippen LogP contribution in [0.1, 0.15) is 13.8 Å². The molecule has 3 N–H and O–H groups in total. The fraction of sp³-hybridized carbons (Fsp3) is 0.286. The number of hydrogen-bond acceptors (Lipinski definition) is 6. The molecule has 0 unspecified atom stereocenters. The number of aromatic nitrogens is 2. The number of methoxy groups -OCH3 is 1. The molecule has 0 atom stereocenters. The van der Waals surface area contributed by atoms with Crippen molar-refractivity contribution < 1.29 is 13.9 Å². The Balaban J connectivity index is 2.31. The van der Waals surface area contributed by atoms with Gasteiger partial charge < -0.3 is 20.5 Å². The van der Waals surface area contributed by atoms with E-state index in [1.807, 2.05) is 13.8 Å². The van der Waals surface area contributed by atoms with Gasteiger partial charge >= 0.3 is 0 Å². The second-order valence-corrected chi connectivity index (χ2v) is 4.58. The predicted octanol–water partition coefficient (Wildman–Crippen LogP) is 2.74. The zero-order valence-electron chi connectivity index (χ0n) is 12.1. The third-order valence-electron chi connectivity index (χ3n) is 2.62. The van der Waals surface area contributed by atoms with Crippen LogP contribution in [0.15, 0.2) is 24.5 Å². The lowest BCUT2D eigenvalue weighted by Crippen LogP contribution is -2.11. The van der Waals surface area contributed by atoms with Crippen molar-refractivity contribution in [1.29, 1.82) is 0 Å². The van der Waals surface area contributed by atoms with Crippen LogP contribution in [-0.2, 0) is 0 Å². The topological polar surface area (TPSA) is 82.3 Å². The first-order valence-corrected chi connectivity index (χ1v) is 6.39. The number of benzene rings is 1. The first-order valence-electron chi connectivity index (χ1n) is 6.39. The minimum atomic E-state index is -0.444. The van der Waals surface area contributed by atoms with E-state index in [0.29, 0.717) is 5.75 Å². The van der Waals surface area contributed by atoms with Crippen LogP contribution in [0.4, 0.5) is 21.6 Å². The molecule has 0 radical (unpaired) electrons. The van der Waals surface area contributed by atoms with Gasteiger partial charge in [-0.1, -0.05) is 0 Å². The van der Waals surface area contributed by atoms with E-state index in [1.165, 1.54) is 31.6 Å². The monoisotopic (exact) mass is 292 g/mol. The highest BCUT2D eigenvalue weighted by Crippen LogP contribution is 2.30. The van der Waals surface area contributed by atoms with Crippen LogP contribution in [0.5, 0.6) is 11.6 Å². The largest absolute Gasteiger partial charge is 0.497 e. The molecule has 0 aliphatic heterocycles. The van der Waals surface area contributed by atoms with Crippen molar-refractivity contribution >= 4 is 17.2 Å². The van der Waals surface area contributed by atoms with Crippen molar-refractivity contribution in [3.05, 3.63) is 30.3 Å². The summed E-state index contributed by atoms with van der Waals surface area (Å²) in [6.45, 7) is 3.72. The number of anilines is 3.